The second kappa shape index (κ2) is 7.17. The summed E-state index contributed by atoms with van der Waals surface area (Å²) in [4.78, 5) is 37.9. The molecule has 3 rings (SSSR count). The average Bonchev–Trinajstić information content (AvgIpc) is 2.86. The van der Waals surface area contributed by atoms with Gasteiger partial charge < -0.3 is 10.1 Å². The van der Waals surface area contributed by atoms with E-state index in [9.17, 15) is 14.4 Å². The number of ether oxygens (including phenoxy) is 1. The van der Waals surface area contributed by atoms with Gasteiger partial charge in [-0.3, -0.25) is 19.3 Å². The molecule has 0 spiro atoms. The Morgan fingerprint density at radius 1 is 1.00 bits per heavy atom. The van der Waals surface area contributed by atoms with Crippen LogP contribution >= 0.6 is 0 Å². The molecule has 0 unspecified atom stereocenters. The molecule has 0 saturated carbocycles. The van der Waals surface area contributed by atoms with E-state index in [1.54, 1.807) is 42.5 Å². The van der Waals surface area contributed by atoms with E-state index in [1.165, 1.54) is 0 Å². The minimum atomic E-state index is -0.456. The minimum Gasteiger partial charge on any atom is -0.491 e. The molecule has 0 radical (unpaired) electrons. The highest BCUT2D eigenvalue weighted by atomic mass is 16.5. The molecule has 1 N–H and O–H groups in total. The lowest BCUT2D eigenvalue weighted by Crippen LogP contribution is -2.37. The smallest absolute Gasteiger partial charge is 0.262 e. The summed E-state index contributed by atoms with van der Waals surface area (Å²) in [5.41, 5.74) is 1.16. The summed E-state index contributed by atoms with van der Waals surface area (Å²) in [6.45, 7) is 2.18. The van der Waals surface area contributed by atoms with Crippen LogP contribution in [0, 0.1) is 0 Å². The van der Waals surface area contributed by atoms with Crippen LogP contribution in [0.25, 0.3) is 0 Å². The highest BCUT2D eigenvalue weighted by Gasteiger charge is 2.36. The Morgan fingerprint density at radius 2 is 1.60 bits per heavy atom. The maximum Gasteiger partial charge on any atom is 0.262 e. The third-order valence-electron chi connectivity index (χ3n) is 3.80. The summed E-state index contributed by atoms with van der Waals surface area (Å²) in [5, 5.41) is 2.70. The second-order valence-corrected chi connectivity index (χ2v) is 5.63. The fourth-order valence-electron chi connectivity index (χ4n) is 2.62. The van der Waals surface area contributed by atoms with Crippen molar-refractivity contribution in [2.75, 3.05) is 18.5 Å². The summed E-state index contributed by atoms with van der Waals surface area (Å²) in [6.07, 6.45) is 0.845. The Bertz CT molecular complexity index is 797. The summed E-state index contributed by atoms with van der Waals surface area (Å²) < 4.78 is 5.59. The monoisotopic (exact) mass is 338 g/mol. The van der Waals surface area contributed by atoms with Crippen molar-refractivity contribution in [3.05, 3.63) is 59.7 Å². The number of carbonyl (C=O) groups is 3. The molecule has 0 aromatic heterocycles. The number of hydrogen-bond donors (Lipinski definition) is 1. The van der Waals surface area contributed by atoms with Crippen LogP contribution in [0.2, 0.25) is 0 Å². The number of nitrogens with zero attached hydrogens (tertiary/aromatic N) is 1. The highest BCUT2D eigenvalue weighted by Crippen LogP contribution is 2.25. The standard InChI is InChI=1S/C19H18N2O4/c1-2-11-25-16-10-6-5-9-15(16)20-17(22)12-21-18(23)13-7-3-4-8-14(13)19(21)24/h3-10H,2,11-12H2,1H3,(H,20,22). The van der Waals surface area contributed by atoms with Crippen molar-refractivity contribution in [2.24, 2.45) is 0 Å². The van der Waals surface area contributed by atoms with Gasteiger partial charge in [0.1, 0.15) is 12.3 Å². The van der Waals surface area contributed by atoms with Gasteiger partial charge >= 0.3 is 0 Å². The molecule has 0 atom stereocenters. The molecule has 2 aromatic rings. The molecule has 1 aliphatic heterocycles. The Kier molecular flexibility index (Phi) is 4.79. The Morgan fingerprint density at radius 3 is 2.24 bits per heavy atom. The van der Waals surface area contributed by atoms with Gasteiger partial charge in [0, 0.05) is 0 Å². The number of nitrogens with one attached hydrogen (secondary N) is 1. The third kappa shape index (κ3) is 3.38. The highest BCUT2D eigenvalue weighted by molar-refractivity contribution is 6.22. The molecule has 6 heteroatoms. The molecule has 1 aliphatic rings. The van der Waals surface area contributed by atoms with Crippen LogP contribution in [-0.4, -0.2) is 35.8 Å². The molecule has 0 bridgehead atoms. The minimum absolute atomic E-state index is 0.326. The van der Waals surface area contributed by atoms with Crippen LogP contribution in [0.4, 0.5) is 5.69 Å². The van der Waals surface area contributed by atoms with E-state index < -0.39 is 17.7 Å². The van der Waals surface area contributed by atoms with Gasteiger partial charge in [-0.1, -0.05) is 31.2 Å². The summed E-state index contributed by atoms with van der Waals surface area (Å²) in [6, 6.07) is 13.6. The number of para-hydroxylation sites is 2. The van der Waals surface area contributed by atoms with Crippen molar-refractivity contribution in [2.45, 2.75) is 13.3 Å². The third-order valence-corrected chi connectivity index (χ3v) is 3.80. The van der Waals surface area contributed by atoms with Crippen LogP contribution in [-0.2, 0) is 4.79 Å². The number of anilines is 1. The van der Waals surface area contributed by atoms with Gasteiger partial charge in [0.05, 0.1) is 23.4 Å². The molecule has 0 fully saturated rings. The van der Waals surface area contributed by atoms with Gasteiger partial charge in [-0.25, -0.2) is 0 Å². The predicted molar refractivity (Wildman–Crippen MR) is 92.7 cm³/mol. The molecule has 128 valence electrons. The first-order valence-corrected chi connectivity index (χ1v) is 8.08. The Labute approximate surface area is 145 Å². The van der Waals surface area contributed by atoms with Gasteiger partial charge in [0.25, 0.3) is 11.8 Å². The average molecular weight is 338 g/mol. The maximum absolute atomic E-state index is 12.3. The molecular weight excluding hydrogens is 320 g/mol. The van der Waals surface area contributed by atoms with E-state index in [0.717, 1.165) is 11.3 Å². The number of benzene rings is 2. The maximum atomic E-state index is 12.3. The number of fused-ring (bicyclic) bond motifs is 1. The normalized spacial score (nSPS) is 12.9. The number of imide groups is 1. The van der Waals surface area contributed by atoms with E-state index in [1.807, 2.05) is 13.0 Å². The van der Waals surface area contributed by atoms with Crippen molar-refractivity contribution >= 4 is 23.4 Å². The lowest BCUT2D eigenvalue weighted by Gasteiger charge is -2.15. The van der Waals surface area contributed by atoms with Gasteiger partial charge in [-0.05, 0) is 30.7 Å². The van der Waals surface area contributed by atoms with Crippen molar-refractivity contribution in [1.82, 2.24) is 4.90 Å². The van der Waals surface area contributed by atoms with Crippen LogP contribution in [0.1, 0.15) is 34.1 Å². The fourth-order valence-corrected chi connectivity index (χ4v) is 2.62. The lowest BCUT2D eigenvalue weighted by atomic mass is 10.1. The summed E-state index contributed by atoms with van der Waals surface area (Å²) in [5.74, 6) is -0.806. The van der Waals surface area contributed by atoms with Crippen molar-refractivity contribution in [1.29, 1.82) is 0 Å². The molecule has 6 nitrogen and oxygen atoms in total. The predicted octanol–water partition coefficient (Wildman–Crippen LogP) is 2.71. The van der Waals surface area contributed by atoms with E-state index in [4.69, 9.17) is 4.74 Å². The first-order valence-electron chi connectivity index (χ1n) is 8.08. The van der Waals surface area contributed by atoms with Crippen molar-refractivity contribution in [3.8, 4) is 5.75 Å². The van der Waals surface area contributed by atoms with Crippen LogP contribution in [0.15, 0.2) is 48.5 Å². The van der Waals surface area contributed by atoms with Gasteiger partial charge in [-0.2, -0.15) is 0 Å². The largest absolute Gasteiger partial charge is 0.491 e. The van der Waals surface area contributed by atoms with E-state index in [0.29, 0.717) is 29.2 Å². The number of rotatable bonds is 6. The van der Waals surface area contributed by atoms with Crippen LogP contribution < -0.4 is 10.1 Å². The quantitative estimate of drug-likeness (QED) is 0.822. The zero-order valence-corrected chi connectivity index (χ0v) is 13.8. The molecule has 25 heavy (non-hydrogen) atoms. The van der Waals surface area contributed by atoms with Gasteiger partial charge in [0.2, 0.25) is 5.91 Å². The lowest BCUT2D eigenvalue weighted by molar-refractivity contribution is -0.116. The first-order chi connectivity index (χ1) is 12.1. The van der Waals surface area contributed by atoms with Crippen LogP contribution in [0.5, 0.6) is 5.75 Å². The SMILES string of the molecule is CCCOc1ccccc1NC(=O)CN1C(=O)c2ccccc2C1=O. The molecule has 3 amide bonds. The molecular formula is C19H18N2O4. The zero-order chi connectivity index (χ0) is 17.8. The van der Waals surface area contributed by atoms with Crippen LogP contribution in [0.3, 0.4) is 0 Å². The van der Waals surface area contributed by atoms with Gasteiger partial charge in [0.15, 0.2) is 0 Å². The summed E-state index contributed by atoms with van der Waals surface area (Å²) >= 11 is 0. The van der Waals surface area contributed by atoms with Crippen molar-refractivity contribution < 1.29 is 19.1 Å². The first kappa shape index (κ1) is 16.7. The Balaban J connectivity index is 1.70. The number of carbonyl (C=O) groups excluding carboxylic acids is 3. The second-order valence-electron chi connectivity index (χ2n) is 5.63. The fraction of sp³-hybridized carbons (Fsp3) is 0.211. The number of amides is 3. The van der Waals surface area contributed by atoms with Crippen molar-refractivity contribution in [3.63, 3.8) is 0 Å². The molecule has 0 saturated heterocycles. The van der Waals surface area contributed by atoms with E-state index in [2.05, 4.69) is 5.32 Å². The zero-order valence-electron chi connectivity index (χ0n) is 13.8. The topological polar surface area (TPSA) is 75.7 Å². The Hall–Kier alpha value is -3.15. The van der Waals surface area contributed by atoms with Gasteiger partial charge in [-0.15, -0.1) is 0 Å². The van der Waals surface area contributed by atoms with E-state index in [-0.39, 0.29) is 6.54 Å². The van der Waals surface area contributed by atoms with E-state index >= 15 is 0 Å². The molecule has 0 aliphatic carbocycles. The molecule has 1 heterocycles. The molecule has 2 aromatic carbocycles. The summed E-state index contributed by atoms with van der Waals surface area (Å²) in [7, 11) is 0. The number of hydrogen-bond acceptors (Lipinski definition) is 4.